The van der Waals surface area contributed by atoms with Gasteiger partial charge in [0, 0.05) is 25.3 Å². The van der Waals surface area contributed by atoms with E-state index in [-0.39, 0.29) is 23.4 Å². The number of carbonyl (C=O) groups excluding carboxylic acids is 2. The normalized spacial score (nSPS) is 17.9. The van der Waals surface area contributed by atoms with Crippen LogP contribution in [0.25, 0.3) is 0 Å². The standard InChI is InChI=1S/C19H26N2O4/c1-12(2)17(22)15-16(14-8-5-6-9-20-14)21(19(24)18(15)23)10-7-11-25-13(3)4/h5-6,8-9,12-13,16,23H,7,10-11H2,1-4H3. The molecule has 0 saturated heterocycles. The van der Waals surface area contributed by atoms with E-state index in [4.69, 9.17) is 4.74 Å². The summed E-state index contributed by atoms with van der Waals surface area (Å²) in [5.74, 6) is -1.54. The Labute approximate surface area is 148 Å². The summed E-state index contributed by atoms with van der Waals surface area (Å²) in [5.41, 5.74) is 0.720. The number of amides is 1. The van der Waals surface area contributed by atoms with E-state index in [2.05, 4.69) is 4.98 Å². The topological polar surface area (TPSA) is 79.7 Å². The molecule has 1 aromatic rings. The first kappa shape index (κ1) is 19.1. The van der Waals surface area contributed by atoms with E-state index in [9.17, 15) is 14.7 Å². The number of carbonyl (C=O) groups is 2. The van der Waals surface area contributed by atoms with Gasteiger partial charge in [0.1, 0.15) is 6.04 Å². The van der Waals surface area contributed by atoms with Gasteiger partial charge in [0.25, 0.3) is 5.91 Å². The average molecular weight is 346 g/mol. The van der Waals surface area contributed by atoms with Crippen molar-refractivity contribution in [1.82, 2.24) is 9.88 Å². The number of aromatic nitrogens is 1. The van der Waals surface area contributed by atoms with E-state index < -0.39 is 17.7 Å². The lowest BCUT2D eigenvalue weighted by Gasteiger charge is -2.26. The van der Waals surface area contributed by atoms with E-state index in [1.54, 1.807) is 38.2 Å². The number of aliphatic hydroxyl groups is 1. The van der Waals surface area contributed by atoms with Gasteiger partial charge in [-0.2, -0.15) is 0 Å². The van der Waals surface area contributed by atoms with Gasteiger partial charge in [-0.25, -0.2) is 0 Å². The molecule has 2 heterocycles. The van der Waals surface area contributed by atoms with Crippen molar-refractivity contribution >= 4 is 11.7 Å². The number of rotatable bonds is 8. The molecule has 1 aliphatic heterocycles. The van der Waals surface area contributed by atoms with Crippen molar-refractivity contribution in [2.75, 3.05) is 13.2 Å². The van der Waals surface area contributed by atoms with E-state index in [1.807, 2.05) is 13.8 Å². The van der Waals surface area contributed by atoms with Gasteiger partial charge in [0.15, 0.2) is 11.5 Å². The molecule has 0 aromatic carbocycles. The summed E-state index contributed by atoms with van der Waals surface area (Å²) in [6.07, 6.45) is 2.35. The number of ether oxygens (including phenoxy) is 1. The number of hydrogen-bond acceptors (Lipinski definition) is 5. The highest BCUT2D eigenvalue weighted by Gasteiger charge is 2.44. The van der Waals surface area contributed by atoms with Crippen molar-refractivity contribution in [3.63, 3.8) is 0 Å². The van der Waals surface area contributed by atoms with Gasteiger partial charge < -0.3 is 14.7 Å². The van der Waals surface area contributed by atoms with Gasteiger partial charge in [0.2, 0.25) is 0 Å². The van der Waals surface area contributed by atoms with Crippen LogP contribution in [0.5, 0.6) is 0 Å². The van der Waals surface area contributed by atoms with Crippen LogP contribution in [0.2, 0.25) is 0 Å². The Kier molecular flexibility index (Phi) is 6.31. The highest BCUT2D eigenvalue weighted by atomic mass is 16.5. The molecule has 0 saturated carbocycles. The SMILES string of the molecule is CC(C)OCCCN1C(=O)C(O)=C(C(=O)C(C)C)C1c1ccccn1. The molecule has 1 N–H and O–H groups in total. The molecule has 0 bridgehead atoms. The molecule has 0 aliphatic carbocycles. The van der Waals surface area contributed by atoms with Crippen LogP contribution in [0, 0.1) is 5.92 Å². The Morgan fingerprint density at radius 1 is 1.32 bits per heavy atom. The van der Waals surface area contributed by atoms with Gasteiger partial charge in [-0.05, 0) is 32.4 Å². The van der Waals surface area contributed by atoms with Crippen molar-refractivity contribution in [3.05, 3.63) is 41.4 Å². The van der Waals surface area contributed by atoms with Crippen LogP contribution in [0.3, 0.4) is 0 Å². The molecule has 1 amide bonds. The van der Waals surface area contributed by atoms with Crippen LogP contribution in [0.4, 0.5) is 0 Å². The second-order valence-corrected chi connectivity index (χ2v) is 6.71. The smallest absolute Gasteiger partial charge is 0.290 e. The Balaban J connectivity index is 2.29. The summed E-state index contributed by atoms with van der Waals surface area (Å²) in [5, 5.41) is 10.3. The van der Waals surface area contributed by atoms with Crippen molar-refractivity contribution in [2.24, 2.45) is 5.92 Å². The van der Waals surface area contributed by atoms with Crippen molar-refractivity contribution in [3.8, 4) is 0 Å². The molecular formula is C19H26N2O4. The third-order valence-corrected chi connectivity index (χ3v) is 4.06. The number of ketones is 1. The zero-order valence-electron chi connectivity index (χ0n) is 15.2. The minimum Gasteiger partial charge on any atom is -0.503 e. The predicted octanol–water partition coefficient (Wildman–Crippen LogP) is 2.82. The first-order chi connectivity index (χ1) is 11.8. The Bertz CT molecular complexity index is 653. The molecule has 6 heteroatoms. The van der Waals surface area contributed by atoms with Crippen molar-refractivity contribution in [1.29, 1.82) is 0 Å². The third-order valence-electron chi connectivity index (χ3n) is 4.06. The highest BCUT2D eigenvalue weighted by Crippen LogP contribution is 2.37. The van der Waals surface area contributed by atoms with E-state index in [0.29, 0.717) is 25.3 Å². The molecule has 0 spiro atoms. The molecule has 0 radical (unpaired) electrons. The third kappa shape index (κ3) is 4.25. The van der Waals surface area contributed by atoms with Gasteiger partial charge in [0.05, 0.1) is 17.4 Å². The molecule has 1 aliphatic rings. The minimum atomic E-state index is -0.650. The Morgan fingerprint density at radius 3 is 2.60 bits per heavy atom. The Morgan fingerprint density at radius 2 is 2.04 bits per heavy atom. The molecular weight excluding hydrogens is 320 g/mol. The number of Topliss-reactive ketones (excluding diaryl/α,β-unsaturated/α-hetero) is 1. The maximum atomic E-state index is 12.6. The average Bonchev–Trinajstić information content (AvgIpc) is 2.83. The quantitative estimate of drug-likeness (QED) is 0.732. The van der Waals surface area contributed by atoms with Crippen LogP contribution in [-0.4, -0.2) is 45.9 Å². The zero-order chi connectivity index (χ0) is 18.6. The van der Waals surface area contributed by atoms with Crippen molar-refractivity contribution in [2.45, 2.75) is 46.3 Å². The second-order valence-electron chi connectivity index (χ2n) is 6.71. The Hall–Kier alpha value is -2.21. The minimum absolute atomic E-state index is 0.116. The monoisotopic (exact) mass is 346 g/mol. The lowest BCUT2D eigenvalue weighted by molar-refractivity contribution is -0.129. The first-order valence-corrected chi connectivity index (χ1v) is 8.65. The number of hydrogen-bond donors (Lipinski definition) is 1. The summed E-state index contributed by atoms with van der Waals surface area (Å²) < 4.78 is 5.52. The fourth-order valence-electron chi connectivity index (χ4n) is 2.85. The number of aliphatic hydroxyl groups excluding tert-OH is 1. The van der Waals surface area contributed by atoms with Crippen LogP contribution in [0.15, 0.2) is 35.7 Å². The van der Waals surface area contributed by atoms with Crippen LogP contribution < -0.4 is 0 Å². The predicted molar refractivity (Wildman–Crippen MR) is 93.9 cm³/mol. The summed E-state index contributed by atoms with van der Waals surface area (Å²) >= 11 is 0. The highest BCUT2D eigenvalue weighted by molar-refractivity contribution is 6.09. The van der Waals surface area contributed by atoms with Gasteiger partial charge in [-0.1, -0.05) is 19.9 Å². The second kappa shape index (κ2) is 8.25. The number of pyridine rings is 1. The number of nitrogens with zero attached hydrogens (tertiary/aromatic N) is 2. The lowest BCUT2D eigenvalue weighted by Crippen LogP contribution is -2.33. The fourth-order valence-corrected chi connectivity index (χ4v) is 2.85. The van der Waals surface area contributed by atoms with E-state index in [0.717, 1.165) is 0 Å². The van der Waals surface area contributed by atoms with Crippen LogP contribution in [-0.2, 0) is 14.3 Å². The van der Waals surface area contributed by atoms with E-state index >= 15 is 0 Å². The lowest BCUT2D eigenvalue weighted by atomic mass is 9.93. The fraction of sp³-hybridized carbons (Fsp3) is 0.526. The largest absolute Gasteiger partial charge is 0.503 e. The molecule has 25 heavy (non-hydrogen) atoms. The zero-order valence-corrected chi connectivity index (χ0v) is 15.2. The van der Waals surface area contributed by atoms with Gasteiger partial charge >= 0.3 is 0 Å². The molecule has 0 fully saturated rings. The summed E-state index contributed by atoms with van der Waals surface area (Å²) in [7, 11) is 0. The summed E-state index contributed by atoms with van der Waals surface area (Å²) in [4.78, 5) is 31.0. The maximum absolute atomic E-state index is 12.6. The molecule has 1 atom stereocenters. The van der Waals surface area contributed by atoms with Gasteiger partial charge in [-0.3, -0.25) is 14.6 Å². The summed E-state index contributed by atoms with van der Waals surface area (Å²) in [6.45, 7) is 8.29. The molecule has 6 nitrogen and oxygen atoms in total. The summed E-state index contributed by atoms with van der Waals surface area (Å²) in [6, 6.07) is 4.69. The molecule has 2 rings (SSSR count). The van der Waals surface area contributed by atoms with Crippen molar-refractivity contribution < 1.29 is 19.4 Å². The molecule has 1 unspecified atom stereocenters. The van der Waals surface area contributed by atoms with Crippen LogP contribution >= 0.6 is 0 Å². The maximum Gasteiger partial charge on any atom is 0.290 e. The molecule has 136 valence electrons. The van der Waals surface area contributed by atoms with Gasteiger partial charge in [-0.15, -0.1) is 0 Å². The first-order valence-electron chi connectivity index (χ1n) is 8.65. The van der Waals surface area contributed by atoms with E-state index in [1.165, 1.54) is 4.90 Å². The van der Waals surface area contributed by atoms with Crippen LogP contribution in [0.1, 0.15) is 45.9 Å². The molecule has 1 aromatic heterocycles.